The highest BCUT2D eigenvalue weighted by Crippen LogP contribution is 2.26. The van der Waals surface area contributed by atoms with Crippen LogP contribution in [0.1, 0.15) is 11.1 Å². The van der Waals surface area contributed by atoms with Gasteiger partial charge in [-0.2, -0.15) is 0 Å². The van der Waals surface area contributed by atoms with Gasteiger partial charge in [0.1, 0.15) is 11.6 Å². The van der Waals surface area contributed by atoms with Gasteiger partial charge >= 0.3 is 0 Å². The number of carbonyl (C=O) groups excluding carboxylic acids is 1. The average molecular weight is 330 g/mol. The SMILES string of the molecule is Cc1cc(C)cc(OCC(=O)Nc2nc3ccc(F)cc3s2)c1. The van der Waals surface area contributed by atoms with E-state index in [0.717, 1.165) is 11.1 Å². The molecule has 118 valence electrons. The van der Waals surface area contributed by atoms with Gasteiger partial charge in [-0.3, -0.25) is 10.1 Å². The summed E-state index contributed by atoms with van der Waals surface area (Å²) < 4.78 is 19.3. The molecule has 2 aromatic carbocycles. The van der Waals surface area contributed by atoms with E-state index in [4.69, 9.17) is 4.74 Å². The van der Waals surface area contributed by atoms with Gasteiger partial charge in [0.25, 0.3) is 5.91 Å². The van der Waals surface area contributed by atoms with E-state index in [1.807, 2.05) is 32.0 Å². The van der Waals surface area contributed by atoms with E-state index in [2.05, 4.69) is 10.3 Å². The van der Waals surface area contributed by atoms with Crippen LogP contribution in [-0.4, -0.2) is 17.5 Å². The Bertz CT molecular complexity index is 856. The van der Waals surface area contributed by atoms with E-state index in [-0.39, 0.29) is 18.3 Å². The molecule has 23 heavy (non-hydrogen) atoms. The third-order valence-corrected chi connectivity index (χ3v) is 4.10. The third kappa shape index (κ3) is 3.84. The van der Waals surface area contributed by atoms with Crippen LogP contribution >= 0.6 is 11.3 Å². The molecule has 0 aliphatic rings. The summed E-state index contributed by atoms with van der Waals surface area (Å²) >= 11 is 1.23. The van der Waals surface area contributed by atoms with Crippen molar-refractivity contribution in [1.82, 2.24) is 4.98 Å². The lowest BCUT2D eigenvalue weighted by molar-refractivity contribution is -0.118. The Morgan fingerprint density at radius 2 is 1.96 bits per heavy atom. The van der Waals surface area contributed by atoms with E-state index >= 15 is 0 Å². The number of benzene rings is 2. The molecule has 1 amide bonds. The van der Waals surface area contributed by atoms with Gasteiger partial charge in [-0.05, 0) is 55.3 Å². The molecule has 1 N–H and O–H groups in total. The Hall–Kier alpha value is -2.47. The van der Waals surface area contributed by atoms with Gasteiger partial charge in [0.05, 0.1) is 10.2 Å². The Balaban J connectivity index is 1.64. The van der Waals surface area contributed by atoms with E-state index in [1.54, 1.807) is 6.07 Å². The number of thiazole rings is 1. The summed E-state index contributed by atoms with van der Waals surface area (Å²) in [7, 11) is 0. The fourth-order valence-corrected chi connectivity index (χ4v) is 3.18. The van der Waals surface area contributed by atoms with Crippen molar-refractivity contribution in [2.75, 3.05) is 11.9 Å². The van der Waals surface area contributed by atoms with Crippen molar-refractivity contribution in [2.24, 2.45) is 0 Å². The molecular formula is C17H15FN2O2S. The molecule has 4 nitrogen and oxygen atoms in total. The summed E-state index contributed by atoms with van der Waals surface area (Å²) in [6.45, 7) is 3.84. The van der Waals surface area contributed by atoms with Crippen molar-refractivity contribution in [3.63, 3.8) is 0 Å². The molecule has 3 rings (SSSR count). The van der Waals surface area contributed by atoms with Gasteiger partial charge in [0.15, 0.2) is 11.7 Å². The summed E-state index contributed by atoms with van der Waals surface area (Å²) in [5.41, 5.74) is 2.81. The van der Waals surface area contributed by atoms with Gasteiger partial charge in [0.2, 0.25) is 0 Å². The van der Waals surface area contributed by atoms with Crippen molar-refractivity contribution >= 4 is 32.6 Å². The van der Waals surface area contributed by atoms with Crippen molar-refractivity contribution in [2.45, 2.75) is 13.8 Å². The lowest BCUT2D eigenvalue weighted by Crippen LogP contribution is -2.20. The highest BCUT2D eigenvalue weighted by Gasteiger charge is 2.09. The zero-order chi connectivity index (χ0) is 16.4. The first kappa shape index (κ1) is 15.4. The number of hydrogen-bond acceptors (Lipinski definition) is 4. The van der Waals surface area contributed by atoms with Gasteiger partial charge in [0, 0.05) is 0 Å². The number of hydrogen-bond donors (Lipinski definition) is 1. The number of aromatic nitrogens is 1. The molecule has 3 aromatic rings. The van der Waals surface area contributed by atoms with Gasteiger partial charge in [-0.25, -0.2) is 9.37 Å². The fraction of sp³-hybridized carbons (Fsp3) is 0.176. The second kappa shape index (κ2) is 6.34. The summed E-state index contributed by atoms with van der Waals surface area (Å²) in [5.74, 6) is 0.0323. The fourth-order valence-electron chi connectivity index (χ4n) is 2.27. The molecule has 0 saturated carbocycles. The minimum absolute atomic E-state index is 0.104. The third-order valence-electron chi connectivity index (χ3n) is 3.16. The van der Waals surface area contributed by atoms with Crippen molar-refractivity contribution in [3.05, 3.63) is 53.3 Å². The molecule has 0 saturated heterocycles. The second-order valence-corrected chi connectivity index (χ2v) is 6.32. The zero-order valence-electron chi connectivity index (χ0n) is 12.7. The topological polar surface area (TPSA) is 51.2 Å². The summed E-state index contributed by atoms with van der Waals surface area (Å²) in [6.07, 6.45) is 0. The Morgan fingerprint density at radius 3 is 2.70 bits per heavy atom. The monoisotopic (exact) mass is 330 g/mol. The van der Waals surface area contributed by atoms with Crippen molar-refractivity contribution in [3.8, 4) is 5.75 Å². The summed E-state index contributed by atoms with van der Waals surface area (Å²) in [6, 6.07) is 10.1. The van der Waals surface area contributed by atoms with Crippen LogP contribution in [0.15, 0.2) is 36.4 Å². The van der Waals surface area contributed by atoms with Crippen LogP contribution in [0.3, 0.4) is 0 Å². The number of aryl methyl sites for hydroxylation is 2. The zero-order valence-corrected chi connectivity index (χ0v) is 13.5. The Labute approximate surface area is 136 Å². The first-order valence-corrected chi connectivity index (χ1v) is 7.88. The maximum atomic E-state index is 13.2. The molecule has 0 unspecified atom stereocenters. The highest BCUT2D eigenvalue weighted by molar-refractivity contribution is 7.22. The Morgan fingerprint density at radius 1 is 1.22 bits per heavy atom. The van der Waals surface area contributed by atoms with Crippen LogP contribution in [0.25, 0.3) is 10.2 Å². The van der Waals surface area contributed by atoms with E-state index in [1.165, 1.54) is 23.5 Å². The molecule has 1 heterocycles. The molecule has 0 aliphatic carbocycles. The van der Waals surface area contributed by atoms with E-state index in [9.17, 15) is 9.18 Å². The lowest BCUT2D eigenvalue weighted by atomic mass is 10.1. The molecule has 1 aromatic heterocycles. The standard InChI is InChI=1S/C17H15FN2O2S/c1-10-5-11(2)7-13(6-10)22-9-16(21)20-17-19-14-4-3-12(18)8-15(14)23-17/h3-8H,9H2,1-2H3,(H,19,20,21). The maximum Gasteiger partial charge on any atom is 0.264 e. The van der Waals surface area contributed by atoms with Crippen molar-refractivity contribution < 1.29 is 13.9 Å². The number of ether oxygens (including phenoxy) is 1. The first-order chi connectivity index (χ1) is 11.0. The highest BCUT2D eigenvalue weighted by atomic mass is 32.1. The first-order valence-electron chi connectivity index (χ1n) is 7.07. The van der Waals surface area contributed by atoms with Crippen LogP contribution in [0.4, 0.5) is 9.52 Å². The Kier molecular flexibility index (Phi) is 4.25. The van der Waals surface area contributed by atoms with Crippen LogP contribution in [0.5, 0.6) is 5.75 Å². The van der Waals surface area contributed by atoms with Gasteiger partial charge in [-0.1, -0.05) is 17.4 Å². The number of anilines is 1. The van der Waals surface area contributed by atoms with E-state index in [0.29, 0.717) is 21.1 Å². The predicted octanol–water partition coefficient (Wildman–Crippen LogP) is 4.07. The number of carbonyl (C=O) groups is 1. The maximum absolute atomic E-state index is 13.2. The number of halogens is 1. The number of nitrogens with zero attached hydrogens (tertiary/aromatic N) is 1. The van der Waals surface area contributed by atoms with Crippen LogP contribution in [0.2, 0.25) is 0 Å². The van der Waals surface area contributed by atoms with Crippen molar-refractivity contribution in [1.29, 1.82) is 0 Å². The number of fused-ring (bicyclic) bond motifs is 1. The second-order valence-electron chi connectivity index (χ2n) is 5.29. The normalized spacial score (nSPS) is 10.7. The molecule has 0 atom stereocenters. The summed E-state index contributed by atoms with van der Waals surface area (Å²) in [5, 5.41) is 3.10. The van der Waals surface area contributed by atoms with E-state index < -0.39 is 0 Å². The molecule has 0 aliphatic heterocycles. The molecule has 0 bridgehead atoms. The number of amides is 1. The number of nitrogens with one attached hydrogen (secondary N) is 1. The molecule has 0 spiro atoms. The van der Waals surface area contributed by atoms with Crippen LogP contribution in [-0.2, 0) is 4.79 Å². The van der Waals surface area contributed by atoms with Crippen LogP contribution in [0, 0.1) is 19.7 Å². The average Bonchev–Trinajstić information content (AvgIpc) is 2.85. The quantitative estimate of drug-likeness (QED) is 0.784. The predicted molar refractivity (Wildman–Crippen MR) is 89.6 cm³/mol. The van der Waals surface area contributed by atoms with Gasteiger partial charge < -0.3 is 4.74 Å². The minimum atomic E-state index is -0.322. The minimum Gasteiger partial charge on any atom is -0.484 e. The van der Waals surface area contributed by atoms with Gasteiger partial charge in [-0.15, -0.1) is 0 Å². The molecular weight excluding hydrogens is 315 g/mol. The van der Waals surface area contributed by atoms with Crippen LogP contribution < -0.4 is 10.1 Å². The lowest BCUT2D eigenvalue weighted by Gasteiger charge is -2.07. The summed E-state index contributed by atoms with van der Waals surface area (Å²) in [4.78, 5) is 16.2. The molecule has 0 fully saturated rings. The molecule has 6 heteroatoms. The molecule has 0 radical (unpaired) electrons. The smallest absolute Gasteiger partial charge is 0.264 e. The largest absolute Gasteiger partial charge is 0.484 e. The number of rotatable bonds is 4.